The Balaban J connectivity index is 1.99. The summed E-state index contributed by atoms with van der Waals surface area (Å²) < 4.78 is 12.0. The minimum absolute atomic E-state index is 0.00444. The Hall–Kier alpha value is -1.06. The van der Waals surface area contributed by atoms with Gasteiger partial charge in [-0.2, -0.15) is 0 Å². The van der Waals surface area contributed by atoms with Gasteiger partial charge in [-0.3, -0.25) is 0 Å². The fraction of sp³-hybridized carbons (Fsp3) is 0.647. The van der Waals surface area contributed by atoms with Crippen LogP contribution in [-0.4, -0.2) is 25.4 Å². The second kappa shape index (κ2) is 6.59. The van der Waals surface area contributed by atoms with E-state index in [9.17, 15) is 0 Å². The van der Waals surface area contributed by atoms with Gasteiger partial charge < -0.3 is 14.8 Å². The molecule has 1 N–H and O–H groups in total. The highest BCUT2D eigenvalue weighted by molar-refractivity contribution is 5.35. The summed E-state index contributed by atoms with van der Waals surface area (Å²) in [7, 11) is 1.99. The molecule has 112 valence electrons. The Morgan fingerprint density at radius 2 is 2.15 bits per heavy atom. The Kier molecular flexibility index (Phi) is 5.06. The minimum Gasteiger partial charge on any atom is -0.491 e. The summed E-state index contributed by atoms with van der Waals surface area (Å²) in [6, 6.07) is 8.62. The molecule has 2 atom stereocenters. The molecule has 3 nitrogen and oxygen atoms in total. The van der Waals surface area contributed by atoms with Crippen LogP contribution in [0.5, 0.6) is 5.75 Å². The van der Waals surface area contributed by atoms with Crippen molar-refractivity contribution in [3.05, 3.63) is 29.8 Å². The van der Waals surface area contributed by atoms with Crippen LogP contribution in [0.2, 0.25) is 0 Å². The summed E-state index contributed by atoms with van der Waals surface area (Å²) >= 11 is 0. The zero-order valence-electron chi connectivity index (χ0n) is 13.1. The van der Waals surface area contributed by atoms with Crippen molar-refractivity contribution in [1.82, 2.24) is 5.32 Å². The van der Waals surface area contributed by atoms with Gasteiger partial charge in [0, 0.05) is 11.6 Å². The lowest BCUT2D eigenvalue weighted by molar-refractivity contribution is -0.0328. The average Bonchev–Trinajstić information content (AvgIpc) is 2.78. The van der Waals surface area contributed by atoms with Crippen LogP contribution >= 0.6 is 0 Å². The third-order valence-electron chi connectivity index (χ3n) is 4.03. The van der Waals surface area contributed by atoms with Crippen LogP contribution in [0.4, 0.5) is 0 Å². The SMILES string of the molecule is CCC(NC)c1ccccc1OCC1CCC(C)(C)O1. The van der Waals surface area contributed by atoms with Gasteiger partial charge >= 0.3 is 0 Å². The molecule has 1 heterocycles. The first-order valence-corrected chi connectivity index (χ1v) is 7.62. The van der Waals surface area contributed by atoms with E-state index in [-0.39, 0.29) is 11.7 Å². The first-order valence-electron chi connectivity index (χ1n) is 7.62. The summed E-state index contributed by atoms with van der Waals surface area (Å²) in [5, 5.41) is 3.34. The number of nitrogens with one attached hydrogen (secondary N) is 1. The number of benzene rings is 1. The first-order chi connectivity index (χ1) is 9.55. The lowest BCUT2D eigenvalue weighted by atomic mass is 10.0. The van der Waals surface area contributed by atoms with Crippen LogP contribution < -0.4 is 10.1 Å². The Bertz CT molecular complexity index is 427. The molecule has 0 spiro atoms. The molecule has 1 aliphatic heterocycles. The van der Waals surface area contributed by atoms with Crippen LogP contribution in [0.3, 0.4) is 0 Å². The molecule has 20 heavy (non-hydrogen) atoms. The van der Waals surface area contributed by atoms with Crippen molar-refractivity contribution < 1.29 is 9.47 Å². The maximum Gasteiger partial charge on any atom is 0.124 e. The molecule has 1 aromatic rings. The van der Waals surface area contributed by atoms with Crippen molar-refractivity contribution in [3.63, 3.8) is 0 Å². The number of hydrogen-bond acceptors (Lipinski definition) is 3. The molecule has 3 heteroatoms. The van der Waals surface area contributed by atoms with Crippen LogP contribution in [0.25, 0.3) is 0 Å². The van der Waals surface area contributed by atoms with Gasteiger partial charge in [-0.05, 0) is 46.2 Å². The van der Waals surface area contributed by atoms with Gasteiger partial charge in [-0.25, -0.2) is 0 Å². The fourth-order valence-electron chi connectivity index (χ4n) is 2.86. The summed E-state index contributed by atoms with van der Waals surface area (Å²) in [6.45, 7) is 7.12. The molecule has 1 saturated heterocycles. The standard InChI is InChI=1S/C17H27NO2/c1-5-15(18-4)14-8-6-7-9-16(14)19-12-13-10-11-17(2,3)20-13/h6-9,13,15,18H,5,10-12H2,1-4H3. The maximum atomic E-state index is 6.03. The number of ether oxygens (including phenoxy) is 2. The molecular weight excluding hydrogens is 250 g/mol. The van der Waals surface area contributed by atoms with Crippen LogP contribution in [0, 0.1) is 0 Å². The molecule has 2 rings (SSSR count). The van der Waals surface area contributed by atoms with Gasteiger partial charge in [-0.1, -0.05) is 25.1 Å². The molecule has 0 bridgehead atoms. The molecule has 0 aliphatic carbocycles. The van der Waals surface area contributed by atoms with Crippen molar-refractivity contribution in [2.45, 2.75) is 57.8 Å². The van der Waals surface area contributed by atoms with Gasteiger partial charge in [0.25, 0.3) is 0 Å². The molecular formula is C17H27NO2. The van der Waals surface area contributed by atoms with Gasteiger partial charge in [0.05, 0.1) is 11.7 Å². The van der Waals surface area contributed by atoms with E-state index < -0.39 is 0 Å². The topological polar surface area (TPSA) is 30.5 Å². The first kappa shape index (κ1) is 15.3. The fourth-order valence-corrected chi connectivity index (χ4v) is 2.86. The minimum atomic E-state index is 0.00444. The zero-order valence-corrected chi connectivity index (χ0v) is 13.1. The van der Waals surface area contributed by atoms with E-state index in [1.165, 1.54) is 5.56 Å². The quantitative estimate of drug-likeness (QED) is 0.860. The number of rotatable bonds is 6. The van der Waals surface area contributed by atoms with E-state index in [0.717, 1.165) is 25.0 Å². The smallest absolute Gasteiger partial charge is 0.124 e. The van der Waals surface area contributed by atoms with E-state index in [2.05, 4.69) is 44.3 Å². The molecule has 1 aliphatic rings. The highest BCUT2D eigenvalue weighted by Crippen LogP contribution is 2.31. The van der Waals surface area contributed by atoms with Gasteiger partial charge in [0.15, 0.2) is 0 Å². The monoisotopic (exact) mass is 277 g/mol. The van der Waals surface area contributed by atoms with Crippen LogP contribution in [0.1, 0.15) is 51.6 Å². The number of hydrogen-bond donors (Lipinski definition) is 1. The predicted octanol–water partition coefficient (Wildman–Crippen LogP) is 3.69. The van der Waals surface area contributed by atoms with E-state index in [0.29, 0.717) is 12.6 Å². The molecule has 0 aromatic heterocycles. The third kappa shape index (κ3) is 3.74. The average molecular weight is 277 g/mol. The highest BCUT2D eigenvalue weighted by Gasteiger charge is 2.32. The normalized spacial score (nSPS) is 22.7. The largest absolute Gasteiger partial charge is 0.491 e. The molecule has 1 fully saturated rings. The summed E-state index contributed by atoms with van der Waals surface area (Å²) in [4.78, 5) is 0. The molecule has 1 aromatic carbocycles. The number of para-hydroxylation sites is 1. The Labute approximate surface area is 122 Å². The van der Waals surface area contributed by atoms with Crippen molar-refractivity contribution in [1.29, 1.82) is 0 Å². The summed E-state index contributed by atoms with van der Waals surface area (Å²) in [6.07, 6.45) is 3.45. The Morgan fingerprint density at radius 3 is 2.75 bits per heavy atom. The van der Waals surface area contributed by atoms with E-state index in [1.807, 2.05) is 13.1 Å². The van der Waals surface area contributed by atoms with Gasteiger partial charge in [-0.15, -0.1) is 0 Å². The lowest BCUT2D eigenvalue weighted by Gasteiger charge is -2.22. The predicted molar refractivity (Wildman–Crippen MR) is 82.2 cm³/mol. The van der Waals surface area contributed by atoms with Crippen LogP contribution in [0.15, 0.2) is 24.3 Å². The maximum absolute atomic E-state index is 6.03. The van der Waals surface area contributed by atoms with Crippen molar-refractivity contribution in [2.75, 3.05) is 13.7 Å². The molecule has 0 amide bonds. The Morgan fingerprint density at radius 1 is 1.40 bits per heavy atom. The second-order valence-electron chi connectivity index (χ2n) is 6.14. The van der Waals surface area contributed by atoms with Crippen LogP contribution in [-0.2, 0) is 4.74 Å². The van der Waals surface area contributed by atoms with E-state index in [4.69, 9.17) is 9.47 Å². The zero-order chi connectivity index (χ0) is 14.6. The molecule has 0 radical (unpaired) electrons. The van der Waals surface area contributed by atoms with Gasteiger partial charge in [0.2, 0.25) is 0 Å². The lowest BCUT2D eigenvalue weighted by Crippen LogP contribution is -2.24. The highest BCUT2D eigenvalue weighted by atomic mass is 16.6. The third-order valence-corrected chi connectivity index (χ3v) is 4.03. The summed E-state index contributed by atoms with van der Waals surface area (Å²) in [5.74, 6) is 0.974. The van der Waals surface area contributed by atoms with E-state index in [1.54, 1.807) is 0 Å². The summed E-state index contributed by atoms with van der Waals surface area (Å²) in [5.41, 5.74) is 1.24. The van der Waals surface area contributed by atoms with Crippen molar-refractivity contribution in [3.8, 4) is 5.75 Å². The van der Waals surface area contributed by atoms with E-state index >= 15 is 0 Å². The molecule has 2 unspecified atom stereocenters. The van der Waals surface area contributed by atoms with Gasteiger partial charge in [0.1, 0.15) is 12.4 Å². The molecule has 0 saturated carbocycles. The second-order valence-corrected chi connectivity index (χ2v) is 6.14. The van der Waals surface area contributed by atoms with Crippen molar-refractivity contribution in [2.24, 2.45) is 0 Å². The van der Waals surface area contributed by atoms with Crippen molar-refractivity contribution >= 4 is 0 Å².